The monoisotopic (exact) mass is 363 g/mol. The Balaban J connectivity index is 1.89. The van der Waals surface area contributed by atoms with Gasteiger partial charge in [-0.3, -0.25) is 4.79 Å². The molecule has 7 nitrogen and oxygen atoms in total. The number of rotatable bonds is 9. The Bertz CT molecular complexity index is 717. The zero-order valence-electron chi connectivity index (χ0n) is 14.3. The molecule has 1 amide bonds. The van der Waals surface area contributed by atoms with E-state index in [1.54, 1.807) is 18.3 Å². The number of carbonyl (C=O) groups is 2. The zero-order chi connectivity index (χ0) is 18.1. The van der Waals surface area contributed by atoms with E-state index in [2.05, 4.69) is 15.5 Å². The number of hydrogen-bond acceptors (Lipinski definition) is 7. The van der Waals surface area contributed by atoms with Crippen molar-refractivity contribution in [1.29, 1.82) is 0 Å². The summed E-state index contributed by atoms with van der Waals surface area (Å²) in [7, 11) is 0. The van der Waals surface area contributed by atoms with Crippen LogP contribution in [-0.2, 0) is 15.3 Å². The molecule has 0 fully saturated rings. The minimum atomic E-state index is -0.572. The summed E-state index contributed by atoms with van der Waals surface area (Å²) in [5.74, 6) is 0.368. The summed E-state index contributed by atoms with van der Waals surface area (Å²) in [5.41, 5.74) is 1.09. The molecule has 2 aromatic rings. The van der Waals surface area contributed by atoms with E-state index in [1.165, 1.54) is 11.8 Å². The maximum atomic E-state index is 12.2. The van der Waals surface area contributed by atoms with Gasteiger partial charge in [-0.15, -0.1) is 0 Å². The van der Waals surface area contributed by atoms with Gasteiger partial charge in [0, 0.05) is 24.6 Å². The van der Waals surface area contributed by atoms with Crippen molar-refractivity contribution in [1.82, 2.24) is 15.5 Å². The van der Waals surface area contributed by atoms with E-state index in [0.29, 0.717) is 22.9 Å². The molecule has 8 heteroatoms. The predicted molar refractivity (Wildman–Crippen MR) is 93.2 cm³/mol. The van der Waals surface area contributed by atoms with Gasteiger partial charge in [-0.2, -0.15) is 0 Å². The molecular weight excluding hydrogens is 342 g/mol. The Labute approximate surface area is 150 Å². The molecule has 25 heavy (non-hydrogen) atoms. The third-order valence-corrected chi connectivity index (χ3v) is 4.25. The van der Waals surface area contributed by atoms with Gasteiger partial charge in [-0.25, -0.2) is 9.78 Å². The summed E-state index contributed by atoms with van der Waals surface area (Å²) in [6.45, 7) is 4.13. The van der Waals surface area contributed by atoms with E-state index in [9.17, 15) is 9.59 Å². The van der Waals surface area contributed by atoms with Crippen LogP contribution in [0.15, 0.2) is 33.9 Å². The Hall–Kier alpha value is -2.35. The SMILES string of the molecule is CCCCNC(=O)COC(=O)c1cccnc1SCc1cc(C)on1. The van der Waals surface area contributed by atoms with E-state index in [-0.39, 0.29) is 12.5 Å². The van der Waals surface area contributed by atoms with Crippen molar-refractivity contribution in [2.24, 2.45) is 0 Å². The lowest BCUT2D eigenvalue weighted by atomic mass is 10.3. The summed E-state index contributed by atoms with van der Waals surface area (Å²) in [6.07, 6.45) is 3.48. The van der Waals surface area contributed by atoms with Gasteiger partial charge in [-0.05, 0) is 25.5 Å². The second kappa shape index (κ2) is 9.83. The average Bonchev–Trinajstić information content (AvgIpc) is 3.04. The standard InChI is InChI=1S/C17H21N3O4S/c1-3-4-7-18-15(21)10-23-17(22)14-6-5-8-19-16(14)25-11-13-9-12(2)24-20-13/h5-6,8-9H,3-4,7,10-11H2,1-2H3,(H,18,21). The average molecular weight is 363 g/mol. The van der Waals surface area contributed by atoms with Crippen LogP contribution in [0.1, 0.15) is 41.6 Å². The number of nitrogens with one attached hydrogen (secondary N) is 1. The molecule has 134 valence electrons. The molecule has 0 aromatic carbocycles. The first-order valence-electron chi connectivity index (χ1n) is 8.04. The summed E-state index contributed by atoms with van der Waals surface area (Å²) in [5, 5.41) is 7.13. The third kappa shape index (κ3) is 6.22. The van der Waals surface area contributed by atoms with E-state index >= 15 is 0 Å². The van der Waals surface area contributed by atoms with Crippen LogP contribution in [0.5, 0.6) is 0 Å². The van der Waals surface area contributed by atoms with Crippen molar-refractivity contribution < 1.29 is 18.8 Å². The molecule has 0 aliphatic rings. The maximum Gasteiger partial charge on any atom is 0.341 e. The normalized spacial score (nSPS) is 10.5. The second-order valence-corrected chi connectivity index (χ2v) is 6.32. The first kappa shape index (κ1) is 19.0. The smallest absolute Gasteiger partial charge is 0.341 e. The van der Waals surface area contributed by atoms with Gasteiger partial charge in [0.2, 0.25) is 0 Å². The van der Waals surface area contributed by atoms with Crippen molar-refractivity contribution in [3.8, 4) is 0 Å². The van der Waals surface area contributed by atoms with Crippen LogP contribution >= 0.6 is 11.8 Å². The van der Waals surface area contributed by atoms with Gasteiger partial charge in [0.15, 0.2) is 6.61 Å². The van der Waals surface area contributed by atoms with Gasteiger partial charge < -0.3 is 14.6 Å². The van der Waals surface area contributed by atoms with Gasteiger partial charge >= 0.3 is 5.97 Å². The lowest BCUT2D eigenvalue weighted by Gasteiger charge is -2.08. The van der Waals surface area contributed by atoms with Crippen molar-refractivity contribution in [2.75, 3.05) is 13.2 Å². The number of nitrogens with zero attached hydrogens (tertiary/aromatic N) is 2. The zero-order valence-corrected chi connectivity index (χ0v) is 15.1. The predicted octanol–water partition coefficient (Wildman–Crippen LogP) is 2.74. The highest BCUT2D eigenvalue weighted by atomic mass is 32.2. The topological polar surface area (TPSA) is 94.3 Å². The number of amides is 1. The second-order valence-electron chi connectivity index (χ2n) is 5.35. The molecule has 0 radical (unpaired) electrons. The highest BCUT2D eigenvalue weighted by Gasteiger charge is 2.16. The fourth-order valence-electron chi connectivity index (χ4n) is 1.95. The third-order valence-electron chi connectivity index (χ3n) is 3.21. The van der Waals surface area contributed by atoms with E-state index in [0.717, 1.165) is 24.3 Å². The molecule has 0 unspecified atom stereocenters. The minimum Gasteiger partial charge on any atom is -0.452 e. The molecule has 0 bridgehead atoms. The van der Waals surface area contributed by atoms with Crippen LogP contribution < -0.4 is 5.32 Å². The van der Waals surface area contributed by atoms with Crippen LogP contribution in [0, 0.1) is 6.92 Å². The Morgan fingerprint density at radius 2 is 2.24 bits per heavy atom. The maximum absolute atomic E-state index is 12.2. The molecule has 0 saturated heterocycles. The number of carbonyl (C=O) groups excluding carboxylic acids is 2. The van der Waals surface area contributed by atoms with Gasteiger partial charge in [0.25, 0.3) is 5.91 Å². The Morgan fingerprint density at radius 3 is 2.96 bits per heavy atom. The minimum absolute atomic E-state index is 0.302. The molecule has 0 aliphatic carbocycles. The Kier molecular flexibility index (Phi) is 7.46. The number of thioether (sulfide) groups is 1. The summed E-state index contributed by atoms with van der Waals surface area (Å²) < 4.78 is 10.1. The van der Waals surface area contributed by atoms with Crippen LogP contribution in [0.25, 0.3) is 0 Å². The van der Waals surface area contributed by atoms with E-state index in [4.69, 9.17) is 9.26 Å². The lowest BCUT2D eigenvalue weighted by Crippen LogP contribution is -2.29. The number of ether oxygens (including phenoxy) is 1. The summed E-state index contributed by atoms with van der Waals surface area (Å²) in [6, 6.07) is 5.11. The summed E-state index contributed by atoms with van der Waals surface area (Å²) >= 11 is 1.36. The molecule has 2 aromatic heterocycles. The highest BCUT2D eigenvalue weighted by Crippen LogP contribution is 2.24. The van der Waals surface area contributed by atoms with Gasteiger partial charge in [0.05, 0.1) is 11.3 Å². The molecule has 0 spiro atoms. The molecule has 0 saturated carbocycles. The molecule has 0 aliphatic heterocycles. The summed E-state index contributed by atoms with van der Waals surface area (Å²) in [4.78, 5) is 28.1. The fourth-order valence-corrected chi connectivity index (χ4v) is 2.82. The van der Waals surface area contributed by atoms with Crippen LogP contribution in [0.3, 0.4) is 0 Å². The quantitative estimate of drug-likeness (QED) is 0.416. The van der Waals surface area contributed by atoms with Crippen molar-refractivity contribution >= 4 is 23.6 Å². The van der Waals surface area contributed by atoms with Crippen molar-refractivity contribution in [3.63, 3.8) is 0 Å². The lowest BCUT2D eigenvalue weighted by molar-refractivity contribution is -0.124. The highest BCUT2D eigenvalue weighted by molar-refractivity contribution is 7.98. The van der Waals surface area contributed by atoms with Crippen molar-refractivity contribution in [2.45, 2.75) is 37.5 Å². The Morgan fingerprint density at radius 1 is 1.40 bits per heavy atom. The molecule has 0 atom stereocenters. The van der Waals surface area contributed by atoms with Gasteiger partial charge in [0.1, 0.15) is 10.8 Å². The number of hydrogen-bond donors (Lipinski definition) is 1. The van der Waals surface area contributed by atoms with E-state index in [1.807, 2.05) is 19.9 Å². The van der Waals surface area contributed by atoms with Crippen LogP contribution in [0.2, 0.25) is 0 Å². The molecule has 2 heterocycles. The number of unbranched alkanes of at least 4 members (excludes halogenated alkanes) is 1. The van der Waals surface area contributed by atoms with Gasteiger partial charge in [-0.1, -0.05) is 30.3 Å². The number of aromatic nitrogens is 2. The molecule has 1 N–H and O–H groups in total. The number of pyridine rings is 1. The molecule has 2 rings (SSSR count). The van der Waals surface area contributed by atoms with Crippen molar-refractivity contribution in [3.05, 3.63) is 41.4 Å². The van der Waals surface area contributed by atoms with E-state index < -0.39 is 5.97 Å². The first-order chi connectivity index (χ1) is 12.1. The first-order valence-corrected chi connectivity index (χ1v) is 9.02. The number of aryl methyl sites for hydroxylation is 1. The van der Waals surface area contributed by atoms with Crippen LogP contribution in [-0.4, -0.2) is 35.2 Å². The number of esters is 1. The van der Waals surface area contributed by atoms with Crippen LogP contribution in [0.4, 0.5) is 0 Å². The molecular formula is C17H21N3O4S. The largest absolute Gasteiger partial charge is 0.452 e. The fraction of sp³-hybridized carbons (Fsp3) is 0.412.